The predicted octanol–water partition coefficient (Wildman–Crippen LogP) is 0.985. The van der Waals surface area contributed by atoms with Gasteiger partial charge in [0.1, 0.15) is 30.9 Å². The average Bonchev–Trinajstić information content (AvgIpc) is 2.69. The van der Waals surface area contributed by atoms with Gasteiger partial charge in [0.25, 0.3) is 0 Å². The van der Waals surface area contributed by atoms with Crippen molar-refractivity contribution in [2.75, 3.05) is 53.5 Å². The van der Waals surface area contributed by atoms with E-state index in [1.165, 1.54) is 12.1 Å². The van der Waals surface area contributed by atoms with Crippen LogP contribution in [-0.4, -0.2) is 92.1 Å². The molecule has 0 N–H and O–H groups in total. The molecule has 7 nitrogen and oxygen atoms in total. The van der Waals surface area contributed by atoms with Gasteiger partial charge in [-0.25, -0.2) is 4.39 Å². The molecule has 1 aromatic carbocycles. The van der Waals surface area contributed by atoms with Crippen molar-refractivity contribution >= 4 is 11.8 Å². The highest BCUT2D eigenvalue weighted by Crippen LogP contribution is 2.21. The summed E-state index contributed by atoms with van der Waals surface area (Å²) < 4.78 is 24.3. The van der Waals surface area contributed by atoms with Crippen LogP contribution >= 0.6 is 0 Å². The van der Waals surface area contributed by atoms with Crippen molar-refractivity contribution in [2.24, 2.45) is 0 Å². The van der Waals surface area contributed by atoms with Gasteiger partial charge in [-0.2, -0.15) is 0 Å². The molecule has 0 bridgehead atoms. The van der Waals surface area contributed by atoms with Crippen LogP contribution in [0.5, 0.6) is 5.75 Å². The van der Waals surface area contributed by atoms with E-state index < -0.39 is 0 Å². The first-order chi connectivity index (χ1) is 13.4. The highest BCUT2D eigenvalue weighted by Gasteiger charge is 2.34. The first-order valence-electron chi connectivity index (χ1n) is 9.64. The highest BCUT2D eigenvalue weighted by molar-refractivity contribution is 5.78. The first-order valence-corrected chi connectivity index (χ1v) is 9.64. The number of amides is 2. The molecular weight excluding hydrogens is 365 g/mol. The Balaban J connectivity index is 1.47. The van der Waals surface area contributed by atoms with Crippen LogP contribution in [0.1, 0.15) is 12.8 Å². The molecule has 1 atom stereocenters. The summed E-state index contributed by atoms with van der Waals surface area (Å²) in [5.74, 6) is 0.365. The van der Waals surface area contributed by atoms with Crippen LogP contribution in [0.2, 0.25) is 0 Å². The number of carbonyl (C=O) groups excluding carboxylic acids is 2. The van der Waals surface area contributed by atoms with Gasteiger partial charge in [0.05, 0.1) is 13.1 Å². The fraction of sp³-hybridized carbons (Fsp3) is 0.600. The maximum absolute atomic E-state index is 13.0. The van der Waals surface area contributed by atoms with Gasteiger partial charge in [0, 0.05) is 33.2 Å². The van der Waals surface area contributed by atoms with Gasteiger partial charge in [-0.15, -0.1) is 0 Å². The second-order valence-corrected chi connectivity index (χ2v) is 7.54. The second kappa shape index (κ2) is 9.34. The molecular formula is C20H28FN3O4. The van der Waals surface area contributed by atoms with Gasteiger partial charge in [0.15, 0.2) is 0 Å². The van der Waals surface area contributed by atoms with Crippen molar-refractivity contribution in [3.05, 3.63) is 30.1 Å². The Morgan fingerprint density at radius 3 is 2.57 bits per heavy atom. The third-order valence-corrected chi connectivity index (χ3v) is 5.27. The van der Waals surface area contributed by atoms with Crippen molar-refractivity contribution in [1.29, 1.82) is 0 Å². The minimum atomic E-state index is -0.309. The molecule has 8 heteroatoms. The summed E-state index contributed by atoms with van der Waals surface area (Å²) in [7, 11) is 3.52. The molecule has 0 saturated carbocycles. The molecule has 0 unspecified atom stereocenters. The highest BCUT2D eigenvalue weighted by atomic mass is 19.1. The molecule has 0 radical (unpaired) electrons. The Morgan fingerprint density at radius 1 is 1.25 bits per heavy atom. The molecule has 2 saturated heterocycles. The van der Waals surface area contributed by atoms with Crippen molar-refractivity contribution in [3.63, 3.8) is 0 Å². The van der Waals surface area contributed by atoms with Crippen LogP contribution in [0.4, 0.5) is 4.39 Å². The van der Waals surface area contributed by atoms with Crippen molar-refractivity contribution in [1.82, 2.24) is 14.7 Å². The lowest BCUT2D eigenvalue weighted by molar-refractivity contribution is -0.155. The summed E-state index contributed by atoms with van der Waals surface area (Å²) in [6.07, 6.45) is 1.48. The third-order valence-electron chi connectivity index (χ3n) is 5.27. The number of nitrogens with zero attached hydrogens (tertiary/aromatic N) is 3. The first kappa shape index (κ1) is 20.5. The van der Waals surface area contributed by atoms with Gasteiger partial charge in [-0.05, 0) is 37.1 Å². The second-order valence-electron chi connectivity index (χ2n) is 7.54. The SMILES string of the molecule is CN(C)C(=O)CN1CCC(N2C[C@@H](COc3ccc(F)cc3)OCC2=O)CC1. The van der Waals surface area contributed by atoms with E-state index in [1.807, 2.05) is 4.90 Å². The van der Waals surface area contributed by atoms with E-state index in [1.54, 1.807) is 31.1 Å². The zero-order valence-corrected chi connectivity index (χ0v) is 16.5. The largest absolute Gasteiger partial charge is 0.491 e. The Labute approximate surface area is 165 Å². The Hall–Kier alpha value is -2.19. The van der Waals surface area contributed by atoms with E-state index in [0.29, 0.717) is 25.4 Å². The number of piperidine rings is 1. The van der Waals surface area contributed by atoms with Gasteiger partial charge in [-0.1, -0.05) is 0 Å². The van der Waals surface area contributed by atoms with E-state index in [4.69, 9.17) is 9.47 Å². The minimum Gasteiger partial charge on any atom is -0.491 e. The van der Waals surface area contributed by atoms with Crippen molar-refractivity contribution < 1.29 is 23.5 Å². The Kier molecular flexibility index (Phi) is 6.85. The summed E-state index contributed by atoms with van der Waals surface area (Å²) in [6, 6.07) is 6.01. The predicted molar refractivity (Wildman–Crippen MR) is 102 cm³/mol. The Bertz CT molecular complexity index is 675. The van der Waals surface area contributed by atoms with Crippen LogP contribution in [0.3, 0.4) is 0 Å². The minimum absolute atomic E-state index is 0.000787. The summed E-state index contributed by atoms with van der Waals surface area (Å²) in [4.78, 5) is 29.8. The number of morpholine rings is 1. The lowest BCUT2D eigenvalue weighted by Gasteiger charge is -2.42. The Morgan fingerprint density at radius 2 is 1.93 bits per heavy atom. The summed E-state index contributed by atoms with van der Waals surface area (Å²) >= 11 is 0. The van der Waals surface area contributed by atoms with Crippen LogP contribution in [0, 0.1) is 5.82 Å². The third kappa shape index (κ3) is 5.42. The molecule has 0 aliphatic carbocycles. The van der Waals surface area contributed by atoms with Gasteiger partial charge in [-0.3, -0.25) is 14.5 Å². The van der Waals surface area contributed by atoms with E-state index in [0.717, 1.165) is 25.9 Å². The number of ether oxygens (including phenoxy) is 2. The molecule has 0 spiro atoms. The molecule has 28 heavy (non-hydrogen) atoms. The molecule has 2 aliphatic rings. The average molecular weight is 393 g/mol. The monoisotopic (exact) mass is 393 g/mol. The summed E-state index contributed by atoms with van der Waals surface area (Å²) in [6.45, 7) is 2.87. The fourth-order valence-electron chi connectivity index (χ4n) is 3.54. The quantitative estimate of drug-likeness (QED) is 0.721. The van der Waals surface area contributed by atoms with Crippen LogP contribution in [-0.2, 0) is 14.3 Å². The number of rotatable bonds is 6. The normalized spacial score (nSPS) is 21.6. The molecule has 1 aromatic rings. The van der Waals surface area contributed by atoms with Crippen molar-refractivity contribution in [2.45, 2.75) is 25.0 Å². The summed E-state index contributed by atoms with van der Waals surface area (Å²) in [5.41, 5.74) is 0. The molecule has 3 rings (SSSR count). The fourth-order valence-corrected chi connectivity index (χ4v) is 3.54. The number of likely N-dealkylation sites (tertiary alicyclic amines) is 1. The lowest BCUT2D eigenvalue weighted by Crippen LogP contribution is -2.55. The van der Waals surface area contributed by atoms with Crippen LogP contribution in [0.25, 0.3) is 0 Å². The lowest BCUT2D eigenvalue weighted by atomic mass is 10.0. The van der Waals surface area contributed by atoms with Gasteiger partial charge >= 0.3 is 0 Å². The number of hydrogen-bond acceptors (Lipinski definition) is 5. The van der Waals surface area contributed by atoms with Crippen LogP contribution in [0.15, 0.2) is 24.3 Å². The number of halogens is 1. The van der Waals surface area contributed by atoms with Gasteiger partial charge < -0.3 is 19.3 Å². The van der Waals surface area contributed by atoms with Crippen LogP contribution < -0.4 is 4.74 Å². The maximum atomic E-state index is 13.0. The van der Waals surface area contributed by atoms with E-state index in [-0.39, 0.29) is 36.4 Å². The standard InChI is InChI=1S/C20H28FN3O4/c1-22(2)19(25)12-23-9-7-16(8-10-23)24-11-18(28-14-20(24)26)13-27-17-5-3-15(21)4-6-17/h3-6,16,18H,7-14H2,1-2H3/t18-/m0/s1. The number of hydrogen-bond donors (Lipinski definition) is 0. The molecule has 2 fully saturated rings. The van der Waals surface area contributed by atoms with E-state index in [9.17, 15) is 14.0 Å². The summed E-state index contributed by atoms with van der Waals surface area (Å²) in [5, 5.41) is 0. The zero-order chi connectivity index (χ0) is 20.1. The molecule has 2 aliphatic heterocycles. The van der Waals surface area contributed by atoms with E-state index in [2.05, 4.69) is 4.90 Å². The van der Waals surface area contributed by atoms with Gasteiger partial charge in [0.2, 0.25) is 11.8 Å². The number of benzene rings is 1. The zero-order valence-electron chi connectivity index (χ0n) is 16.5. The topological polar surface area (TPSA) is 62.3 Å². The molecule has 2 heterocycles. The maximum Gasteiger partial charge on any atom is 0.248 e. The van der Waals surface area contributed by atoms with Crippen molar-refractivity contribution in [3.8, 4) is 5.75 Å². The molecule has 0 aromatic heterocycles. The molecule has 2 amide bonds. The molecule has 154 valence electrons. The smallest absolute Gasteiger partial charge is 0.248 e. The number of carbonyl (C=O) groups is 2. The van der Waals surface area contributed by atoms with E-state index >= 15 is 0 Å². The number of likely N-dealkylation sites (N-methyl/N-ethyl adjacent to an activating group) is 1.